The van der Waals surface area contributed by atoms with Gasteiger partial charge in [0.25, 0.3) is 0 Å². The highest BCUT2D eigenvalue weighted by atomic mass is 32.3. The van der Waals surface area contributed by atoms with Gasteiger partial charge in [-0.25, -0.2) is 8.98 Å². The van der Waals surface area contributed by atoms with E-state index in [-0.39, 0.29) is 0 Å². The minimum absolute atomic E-state index is 0.483. The molecular weight excluding hydrogens is 248 g/mol. The van der Waals surface area contributed by atoms with Gasteiger partial charge in [0.05, 0.1) is 6.61 Å². The highest BCUT2D eigenvalue weighted by Gasteiger charge is 2.45. The molecule has 1 heterocycles. The normalized spacial score (nSPS) is 35.9. The Morgan fingerprint density at radius 1 is 1.38 bits per heavy atom. The molecule has 0 radical (unpaired) electrons. The maximum atomic E-state index is 10.6. The van der Waals surface area contributed by atoms with Crippen LogP contribution in [0.2, 0.25) is 0 Å². The summed E-state index contributed by atoms with van der Waals surface area (Å²) in [5.74, 6) is -1.58. The molecule has 94 valence electrons. The van der Waals surface area contributed by atoms with Gasteiger partial charge in [0.1, 0.15) is 18.3 Å². The van der Waals surface area contributed by atoms with Crippen molar-refractivity contribution in [3.8, 4) is 0 Å². The minimum Gasteiger partial charge on any atom is -0.479 e. The van der Waals surface area contributed by atoms with Gasteiger partial charge < -0.3 is 20.1 Å². The summed E-state index contributed by atoms with van der Waals surface area (Å²) >= 11 is 0. The summed E-state index contributed by atoms with van der Waals surface area (Å²) in [7, 11) is -4.96. The Hall–Kier alpha value is -0.780. The first kappa shape index (κ1) is 13.3. The highest BCUT2D eigenvalue weighted by molar-refractivity contribution is 7.80. The van der Waals surface area contributed by atoms with E-state index < -0.39 is 47.4 Å². The van der Waals surface area contributed by atoms with Gasteiger partial charge in [-0.3, -0.25) is 4.55 Å². The third-order valence-electron chi connectivity index (χ3n) is 1.95. The Morgan fingerprint density at radius 3 is 2.38 bits per heavy atom. The Balaban J connectivity index is 2.90. The molecule has 4 N–H and O–H groups in total. The second-order valence-corrected chi connectivity index (χ2v) is 4.19. The minimum atomic E-state index is -4.96. The SMILES string of the molecule is O=C(O)C1OCC(O)C(O)C1OS(=O)(=O)O. The van der Waals surface area contributed by atoms with E-state index in [4.69, 9.17) is 14.8 Å². The summed E-state index contributed by atoms with van der Waals surface area (Å²) in [6, 6.07) is 0. The molecule has 16 heavy (non-hydrogen) atoms. The van der Waals surface area contributed by atoms with Crippen molar-refractivity contribution in [2.75, 3.05) is 6.61 Å². The van der Waals surface area contributed by atoms with E-state index in [1.807, 2.05) is 0 Å². The Morgan fingerprint density at radius 2 is 1.94 bits per heavy atom. The van der Waals surface area contributed by atoms with Crippen molar-refractivity contribution in [1.82, 2.24) is 0 Å². The van der Waals surface area contributed by atoms with Crippen molar-refractivity contribution >= 4 is 16.4 Å². The number of aliphatic hydroxyl groups is 2. The fraction of sp³-hybridized carbons (Fsp3) is 0.833. The van der Waals surface area contributed by atoms with Crippen LogP contribution >= 0.6 is 0 Å². The second kappa shape index (κ2) is 4.61. The van der Waals surface area contributed by atoms with E-state index in [0.29, 0.717) is 0 Å². The molecule has 0 aromatic heterocycles. The Labute approximate surface area is 90.2 Å². The lowest BCUT2D eigenvalue weighted by atomic mass is 10.0. The van der Waals surface area contributed by atoms with E-state index >= 15 is 0 Å². The number of ether oxygens (including phenoxy) is 1. The van der Waals surface area contributed by atoms with Crippen LogP contribution in [0.25, 0.3) is 0 Å². The van der Waals surface area contributed by atoms with E-state index in [0.717, 1.165) is 0 Å². The maximum absolute atomic E-state index is 10.6. The van der Waals surface area contributed by atoms with Gasteiger partial charge in [-0.2, -0.15) is 8.42 Å². The average Bonchev–Trinajstić information content (AvgIpc) is 2.10. The molecule has 10 heteroatoms. The van der Waals surface area contributed by atoms with Gasteiger partial charge in [0, 0.05) is 0 Å². The van der Waals surface area contributed by atoms with Crippen LogP contribution in [0.1, 0.15) is 0 Å². The van der Waals surface area contributed by atoms with Crippen molar-refractivity contribution in [3.63, 3.8) is 0 Å². The van der Waals surface area contributed by atoms with Crippen molar-refractivity contribution < 1.29 is 42.0 Å². The number of carboxylic acid groups (broad SMARTS) is 1. The number of rotatable bonds is 3. The maximum Gasteiger partial charge on any atom is 0.397 e. The molecule has 0 amide bonds. The molecular formula is C6H10O9S. The summed E-state index contributed by atoms with van der Waals surface area (Å²) in [5, 5.41) is 27.1. The molecule has 0 bridgehead atoms. The third kappa shape index (κ3) is 3.10. The standard InChI is InChI=1S/C6H10O9S/c7-2-1-14-5(6(9)10)4(3(2)8)15-16(11,12)13/h2-5,7-8H,1H2,(H,9,10)(H,11,12,13). The Kier molecular flexibility index (Phi) is 3.83. The van der Waals surface area contributed by atoms with Crippen LogP contribution in [-0.2, 0) is 24.1 Å². The zero-order valence-electron chi connectivity index (χ0n) is 7.75. The van der Waals surface area contributed by atoms with Crippen molar-refractivity contribution in [3.05, 3.63) is 0 Å². The van der Waals surface area contributed by atoms with Gasteiger partial charge in [-0.15, -0.1) is 0 Å². The fourth-order valence-corrected chi connectivity index (χ4v) is 1.75. The summed E-state index contributed by atoms with van der Waals surface area (Å²) in [6.45, 7) is -0.483. The van der Waals surface area contributed by atoms with Crippen molar-refractivity contribution in [2.24, 2.45) is 0 Å². The van der Waals surface area contributed by atoms with Crippen LogP contribution in [0.4, 0.5) is 0 Å². The quantitative estimate of drug-likeness (QED) is 0.399. The average molecular weight is 258 g/mol. The van der Waals surface area contributed by atoms with Crippen LogP contribution in [0.3, 0.4) is 0 Å². The van der Waals surface area contributed by atoms with Gasteiger partial charge in [0.15, 0.2) is 6.10 Å². The molecule has 1 aliphatic rings. The predicted molar refractivity (Wildman–Crippen MR) is 45.8 cm³/mol. The largest absolute Gasteiger partial charge is 0.479 e. The zero-order valence-corrected chi connectivity index (χ0v) is 8.57. The van der Waals surface area contributed by atoms with Crippen molar-refractivity contribution in [1.29, 1.82) is 0 Å². The van der Waals surface area contributed by atoms with Gasteiger partial charge in [0.2, 0.25) is 0 Å². The van der Waals surface area contributed by atoms with Crippen LogP contribution < -0.4 is 0 Å². The summed E-state index contributed by atoms with van der Waals surface area (Å²) in [6.07, 6.45) is -6.99. The molecule has 0 aromatic carbocycles. The van der Waals surface area contributed by atoms with E-state index in [9.17, 15) is 18.3 Å². The highest BCUT2D eigenvalue weighted by Crippen LogP contribution is 2.20. The molecule has 0 saturated carbocycles. The number of aliphatic hydroxyl groups excluding tert-OH is 2. The molecule has 4 unspecified atom stereocenters. The number of carboxylic acids is 1. The lowest BCUT2D eigenvalue weighted by Gasteiger charge is -2.34. The predicted octanol–water partition coefficient (Wildman–Crippen LogP) is -2.62. The monoisotopic (exact) mass is 258 g/mol. The first-order valence-electron chi connectivity index (χ1n) is 4.08. The fourth-order valence-electron chi connectivity index (χ4n) is 1.25. The molecule has 4 atom stereocenters. The summed E-state index contributed by atoms with van der Waals surface area (Å²) in [5.41, 5.74) is 0. The van der Waals surface area contributed by atoms with Crippen molar-refractivity contribution in [2.45, 2.75) is 24.4 Å². The number of carbonyl (C=O) groups is 1. The van der Waals surface area contributed by atoms with Crippen LogP contribution in [0.15, 0.2) is 0 Å². The van der Waals surface area contributed by atoms with E-state index in [2.05, 4.69) is 8.92 Å². The molecule has 0 aliphatic carbocycles. The molecule has 0 aromatic rings. The number of hydrogen-bond acceptors (Lipinski definition) is 7. The molecule has 1 rings (SSSR count). The summed E-state index contributed by atoms with van der Waals surface area (Å²) < 4.78 is 37.7. The number of aliphatic carboxylic acids is 1. The zero-order chi connectivity index (χ0) is 12.5. The molecule has 1 aliphatic heterocycles. The first-order chi connectivity index (χ1) is 7.22. The molecule has 9 nitrogen and oxygen atoms in total. The molecule has 1 saturated heterocycles. The topological polar surface area (TPSA) is 151 Å². The van der Waals surface area contributed by atoms with Gasteiger partial charge >= 0.3 is 16.4 Å². The van der Waals surface area contributed by atoms with Crippen LogP contribution in [0, 0.1) is 0 Å². The smallest absolute Gasteiger partial charge is 0.397 e. The lowest BCUT2D eigenvalue weighted by Crippen LogP contribution is -2.57. The van der Waals surface area contributed by atoms with Gasteiger partial charge in [-0.05, 0) is 0 Å². The van der Waals surface area contributed by atoms with Crippen LogP contribution in [-0.4, -0.2) is 65.3 Å². The lowest BCUT2D eigenvalue weighted by molar-refractivity contribution is -0.196. The first-order valence-corrected chi connectivity index (χ1v) is 5.45. The third-order valence-corrected chi connectivity index (χ3v) is 2.42. The van der Waals surface area contributed by atoms with Crippen LogP contribution in [0.5, 0.6) is 0 Å². The molecule has 1 fully saturated rings. The van der Waals surface area contributed by atoms with E-state index in [1.54, 1.807) is 0 Å². The second-order valence-electron chi connectivity index (χ2n) is 3.14. The summed E-state index contributed by atoms with van der Waals surface area (Å²) in [4.78, 5) is 10.6. The van der Waals surface area contributed by atoms with Gasteiger partial charge in [-0.1, -0.05) is 0 Å². The van der Waals surface area contributed by atoms with E-state index in [1.165, 1.54) is 0 Å². The molecule has 0 spiro atoms. The number of hydrogen-bond donors (Lipinski definition) is 4. The Bertz CT molecular complexity index is 362.